The lowest BCUT2D eigenvalue weighted by atomic mass is 9.61. The zero-order chi connectivity index (χ0) is 12.8. The van der Waals surface area contributed by atoms with E-state index in [1.165, 1.54) is 24.0 Å². The van der Waals surface area contributed by atoms with Crippen LogP contribution in [-0.2, 0) is 6.42 Å². The van der Waals surface area contributed by atoms with Crippen LogP contribution in [-0.4, -0.2) is 16.8 Å². The van der Waals surface area contributed by atoms with E-state index in [0.29, 0.717) is 24.2 Å². The summed E-state index contributed by atoms with van der Waals surface area (Å²) in [6.07, 6.45) is 5.72. The van der Waals surface area contributed by atoms with Gasteiger partial charge in [0.1, 0.15) is 5.75 Å². The second-order valence-electron chi connectivity index (χ2n) is 6.50. The topological polar surface area (TPSA) is 40.5 Å². The fourth-order valence-electron chi connectivity index (χ4n) is 3.98. The van der Waals surface area contributed by atoms with Gasteiger partial charge in [-0.1, -0.05) is 13.0 Å². The van der Waals surface area contributed by atoms with Crippen LogP contribution in [0.25, 0.3) is 0 Å². The number of aryl methyl sites for hydroxylation is 1. The number of aliphatic hydroxyl groups is 1. The maximum Gasteiger partial charge on any atom is 0.115 e. The quantitative estimate of drug-likeness (QED) is 0.798. The lowest BCUT2D eigenvalue weighted by Gasteiger charge is -2.45. The van der Waals surface area contributed by atoms with Crippen molar-refractivity contribution in [3.8, 4) is 5.75 Å². The largest absolute Gasteiger partial charge is 0.508 e. The van der Waals surface area contributed by atoms with Crippen molar-refractivity contribution in [3.63, 3.8) is 0 Å². The molecule has 0 bridgehead atoms. The van der Waals surface area contributed by atoms with Gasteiger partial charge in [-0.15, -0.1) is 0 Å². The van der Waals surface area contributed by atoms with Crippen molar-refractivity contribution in [2.24, 2.45) is 11.3 Å². The van der Waals surface area contributed by atoms with E-state index in [9.17, 15) is 10.2 Å². The van der Waals surface area contributed by atoms with Gasteiger partial charge in [0.15, 0.2) is 0 Å². The minimum Gasteiger partial charge on any atom is -0.508 e. The molecule has 0 saturated heterocycles. The van der Waals surface area contributed by atoms with E-state index in [-0.39, 0.29) is 5.41 Å². The van der Waals surface area contributed by atoms with Gasteiger partial charge in [0.25, 0.3) is 0 Å². The average molecular weight is 246 g/mol. The van der Waals surface area contributed by atoms with Crippen molar-refractivity contribution in [2.75, 3.05) is 6.61 Å². The normalized spacial score (nSPS) is 34.8. The van der Waals surface area contributed by atoms with Gasteiger partial charge in [0.2, 0.25) is 0 Å². The Kier molecular flexibility index (Phi) is 2.86. The fraction of sp³-hybridized carbons (Fsp3) is 0.625. The van der Waals surface area contributed by atoms with Gasteiger partial charge in [-0.2, -0.15) is 0 Å². The van der Waals surface area contributed by atoms with Gasteiger partial charge in [-0.05, 0) is 72.6 Å². The van der Waals surface area contributed by atoms with Crippen molar-refractivity contribution in [2.45, 2.75) is 44.9 Å². The summed E-state index contributed by atoms with van der Waals surface area (Å²) in [5.74, 6) is 1.75. The Bertz CT molecular complexity index is 454. The molecule has 0 amide bonds. The Morgan fingerprint density at radius 2 is 2.17 bits per heavy atom. The van der Waals surface area contributed by atoms with Crippen LogP contribution >= 0.6 is 0 Å². The van der Waals surface area contributed by atoms with Crippen LogP contribution in [0.15, 0.2) is 18.2 Å². The van der Waals surface area contributed by atoms with Crippen molar-refractivity contribution in [3.05, 3.63) is 29.3 Å². The van der Waals surface area contributed by atoms with E-state index in [1.54, 1.807) is 0 Å². The summed E-state index contributed by atoms with van der Waals surface area (Å²) in [5.41, 5.74) is 2.92. The highest BCUT2D eigenvalue weighted by Gasteiger charge is 2.40. The van der Waals surface area contributed by atoms with E-state index in [1.807, 2.05) is 12.1 Å². The molecule has 1 fully saturated rings. The van der Waals surface area contributed by atoms with E-state index >= 15 is 0 Å². The second kappa shape index (κ2) is 4.27. The number of benzene rings is 1. The predicted molar refractivity (Wildman–Crippen MR) is 71.7 cm³/mol. The third kappa shape index (κ3) is 1.93. The van der Waals surface area contributed by atoms with Gasteiger partial charge >= 0.3 is 0 Å². The molecule has 18 heavy (non-hydrogen) atoms. The summed E-state index contributed by atoms with van der Waals surface area (Å²) in [4.78, 5) is 0. The molecule has 0 spiro atoms. The fourth-order valence-corrected chi connectivity index (χ4v) is 3.98. The van der Waals surface area contributed by atoms with Gasteiger partial charge in [-0.3, -0.25) is 0 Å². The number of fused-ring (bicyclic) bond motifs is 3. The highest BCUT2D eigenvalue weighted by molar-refractivity contribution is 5.39. The summed E-state index contributed by atoms with van der Waals surface area (Å²) in [6.45, 7) is 2.54. The molecule has 0 unspecified atom stereocenters. The minimum absolute atomic E-state index is 0.135. The molecular formula is C16H22O2. The molecule has 1 aromatic rings. The molecule has 1 saturated carbocycles. The molecule has 0 heterocycles. The van der Waals surface area contributed by atoms with Gasteiger partial charge in [0.05, 0.1) is 0 Å². The van der Waals surface area contributed by atoms with Gasteiger partial charge < -0.3 is 10.2 Å². The zero-order valence-corrected chi connectivity index (χ0v) is 11.0. The monoisotopic (exact) mass is 246 g/mol. The van der Waals surface area contributed by atoms with Crippen LogP contribution in [0.5, 0.6) is 5.75 Å². The molecule has 2 N–H and O–H groups in total. The molecule has 2 aliphatic rings. The van der Waals surface area contributed by atoms with Crippen molar-refractivity contribution >= 4 is 0 Å². The molecule has 3 atom stereocenters. The van der Waals surface area contributed by atoms with Crippen LogP contribution < -0.4 is 0 Å². The average Bonchev–Trinajstić information content (AvgIpc) is 2.38. The molecule has 0 aromatic heterocycles. The number of hydrogen-bond donors (Lipinski definition) is 2. The summed E-state index contributed by atoms with van der Waals surface area (Å²) < 4.78 is 0. The Hall–Kier alpha value is -1.02. The highest BCUT2D eigenvalue weighted by atomic mass is 16.3. The lowest BCUT2D eigenvalue weighted by Crippen LogP contribution is -2.35. The first-order chi connectivity index (χ1) is 8.61. The molecule has 0 radical (unpaired) electrons. The van der Waals surface area contributed by atoms with E-state index in [4.69, 9.17) is 0 Å². The first kappa shape index (κ1) is 12.0. The lowest BCUT2D eigenvalue weighted by molar-refractivity contribution is 0.0569. The number of aromatic hydroxyl groups is 1. The number of phenolic OH excluding ortho intramolecular Hbond substituents is 1. The zero-order valence-electron chi connectivity index (χ0n) is 11.0. The second-order valence-corrected chi connectivity index (χ2v) is 6.50. The Labute approximate surface area is 109 Å². The van der Waals surface area contributed by atoms with E-state index < -0.39 is 0 Å². The minimum atomic E-state index is 0.135. The summed E-state index contributed by atoms with van der Waals surface area (Å²) in [6, 6.07) is 5.87. The van der Waals surface area contributed by atoms with Crippen LogP contribution in [0, 0.1) is 11.3 Å². The highest BCUT2D eigenvalue weighted by Crippen LogP contribution is 2.51. The molecule has 2 nitrogen and oxygen atoms in total. The molecule has 2 heteroatoms. The third-order valence-corrected chi connectivity index (χ3v) is 5.08. The maximum absolute atomic E-state index is 9.57. The van der Waals surface area contributed by atoms with Crippen LogP contribution in [0.4, 0.5) is 0 Å². The summed E-state index contributed by atoms with van der Waals surface area (Å²) in [5, 5.41) is 19.1. The van der Waals surface area contributed by atoms with Crippen LogP contribution in [0.1, 0.15) is 49.7 Å². The van der Waals surface area contributed by atoms with E-state index in [2.05, 4.69) is 13.0 Å². The molecule has 1 aromatic carbocycles. The SMILES string of the molecule is C[C@]1(CO)CC[C@@H]2c3ccc(O)cc3CC[C@H]2C1. The number of phenols is 1. The van der Waals surface area contributed by atoms with E-state index in [0.717, 1.165) is 19.3 Å². The van der Waals surface area contributed by atoms with Gasteiger partial charge in [-0.25, -0.2) is 0 Å². The Balaban J connectivity index is 1.89. The Morgan fingerprint density at radius 1 is 1.33 bits per heavy atom. The van der Waals surface area contributed by atoms with Crippen molar-refractivity contribution < 1.29 is 10.2 Å². The number of hydrogen-bond acceptors (Lipinski definition) is 2. The van der Waals surface area contributed by atoms with Crippen LogP contribution in [0.2, 0.25) is 0 Å². The Morgan fingerprint density at radius 3 is 2.94 bits per heavy atom. The first-order valence-corrected chi connectivity index (χ1v) is 7.04. The smallest absolute Gasteiger partial charge is 0.115 e. The van der Waals surface area contributed by atoms with Gasteiger partial charge in [0, 0.05) is 6.61 Å². The molecule has 3 rings (SSSR count). The number of rotatable bonds is 1. The molecule has 0 aliphatic heterocycles. The summed E-state index contributed by atoms with van der Waals surface area (Å²) >= 11 is 0. The third-order valence-electron chi connectivity index (χ3n) is 5.08. The molecule has 98 valence electrons. The molecule has 2 aliphatic carbocycles. The van der Waals surface area contributed by atoms with Crippen molar-refractivity contribution in [1.82, 2.24) is 0 Å². The maximum atomic E-state index is 9.57. The summed E-state index contributed by atoms with van der Waals surface area (Å²) in [7, 11) is 0. The number of aliphatic hydroxyl groups excluding tert-OH is 1. The standard InChI is InChI=1S/C16H22O2/c1-16(10-17)7-6-15-12(9-16)3-2-11-8-13(18)4-5-14(11)15/h4-5,8,12,15,17-18H,2-3,6-7,9-10H2,1H3/t12-,15-,16-/m0/s1. The molecular weight excluding hydrogens is 224 g/mol. The van der Waals surface area contributed by atoms with Crippen LogP contribution in [0.3, 0.4) is 0 Å². The first-order valence-electron chi connectivity index (χ1n) is 7.04. The van der Waals surface area contributed by atoms with Crippen molar-refractivity contribution in [1.29, 1.82) is 0 Å². The predicted octanol–water partition coefficient (Wildman–Crippen LogP) is 3.22.